The van der Waals surface area contributed by atoms with E-state index in [-0.39, 0.29) is 4.90 Å². The summed E-state index contributed by atoms with van der Waals surface area (Å²) in [6, 6.07) is 3.72. The minimum atomic E-state index is -3.54. The Bertz CT molecular complexity index is 517. The molecule has 0 aromatic heterocycles. The monoisotopic (exact) mass is 288 g/mol. The van der Waals surface area contributed by atoms with Crippen molar-refractivity contribution in [2.45, 2.75) is 31.1 Å². The number of aryl methyl sites for hydroxylation is 1. The Morgan fingerprint density at radius 3 is 2.53 bits per heavy atom. The molecule has 19 heavy (non-hydrogen) atoms. The number of nitrogens with two attached hydrogens (primary N) is 1. The highest BCUT2D eigenvalue weighted by Gasteiger charge is 2.22. The van der Waals surface area contributed by atoms with Crippen LogP contribution in [0, 0.1) is 12.7 Å². The lowest BCUT2D eigenvalue weighted by Crippen LogP contribution is -2.28. The standard InChI is InChI=1S/C13H21FN2O2S/c1-11-10-12(14)6-7-13(11)19(17,18)16(2)9-5-3-4-8-15/h6-7,10H,3-5,8-9,15H2,1-2H3. The van der Waals surface area contributed by atoms with Crippen molar-refractivity contribution in [3.05, 3.63) is 29.6 Å². The van der Waals surface area contributed by atoms with E-state index in [1.165, 1.54) is 22.5 Å². The summed E-state index contributed by atoms with van der Waals surface area (Å²) < 4.78 is 38.9. The molecule has 1 rings (SSSR count). The van der Waals surface area contributed by atoms with E-state index >= 15 is 0 Å². The third-order valence-corrected chi connectivity index (χ3v) is 5.02. The third kappa shape index (κ3) is 4.26. The van der Waals surface area contributed by atoms with Gasteiger partial charge in [0.1, 0.15) is 5.82 Å². The second kappa shape index (κ2) is 6.98. The molecule has 1 aromatic carbocycles. The number of hydrogen-bond donors (Lipinski definition) is 1. The zero-order valence-corrected chi connectivity index (χ0v) is 12.2. The maximum absolute atomic E-state index is 13.0. The SMILES string of the molecule is Cc1cc(F)ccc1S(=O)(=O)N(C)CCCCCN. The maximum Gasteiger partial charge on any atom is 0.243 e. The van der Waals surface area contributed by atoms with Crippen LogP contribution in [0.1, 0.15) is 24.8 Å². The quantitative estimate of drug-likeness (QED) is 0.779. The van der Waals surface area contributed by atoms with Gasteiger partial charge in [0.25, 0.3) is 0 Å². The Morgan fingerprint density at radius 1 is 1.26 bits per heavy atom. The molecule has 0 unspecified atom stereocenters. The highest BCUT2D eigenvalue weighted by atomic mass is 32.2. The molecule has 0 aliphatic rings. The van der Waals surface area contributed by atoms with Gasteiger partial charge in [-0.3, -0.25) is 0 Å². The Balaban J connectivity index is 2.79. The van der Waals surface area contributed by atoms with Crippen LogP contribution in [0.5, 0.6) is 0 Å². The zero-order valence-electron chi connectivity index (χ0n) is 11.4. The van der Waals surface area contributed by atoms with E-state index in [9.17, 15) is 12.8 Å². The van der Waals surface area contributed by atoms with E-state index in [2.05, 4.69) is 0 Å². The molecule has 0 fully saturated rings. The Labute approximate surface area is 114 Å². The summed E-state index contributed by atoms with van der Waals surface area (Å²) in [4.78, 5) is 0.162. The number of sulfonamides is 1. The molecule has 1 aromatic rings. The summed E-state index contributed by atoms with van der Waals surface area (Å²) in [6.45, 7) is 2.66. The molecule has 0 saturated carbocycles. The van der Waals surface area contributed by atoms with Gasteiger partial charge in [-0.15, -0.1) is 0 Å². The van der Waals surface area contributed by atoms with Gasteiger partial charge >= 0.3 is 0 Å². The molecule has 0 radical (unpaired) electrons. The van der Waals surface area contributed by atoms with Gasteiger partial charge in [-0.2, -0.15) is 0 Å². The van der Waals surface area contributed by atoms with Crippen LogP contribution in [-0.2, 0) is 10.0 Å². The number of rotatable bonds is 7. The van der Waals surface area contributed by atoms with Crippen LogP contribution in [0.4, 0.5) is 4.39 Å². The number of halogens is 1. The lowest BCUT2D eigenvalue weighted by Gasteiger charge is -2.18. The van der Waals surface area contributed by atoms with Crippen LogP contribution in [0.3, 0.4) is 0 Å². The van der Waals surface area contributed by atoms with Crippen LogP contribution >= 0.6 is 0 Å². The lowest BCUT2D eigenvalue weighted by atomic mass is 10.2. The number of benzene rings is 1. The van der Waals surface area contributed by atoms with Crippen molar-refractivity contribution in [1.29, 1.82) is 0 Å². The number of nitrogens with zero attached hydrogens (tertiary/aromatic N) is 1. The molecule has 108 valence electrons. The van der Waals surface area contributed by atoms with Gasteiger partial charge < -0.3 is 5.73 Å². The van der Waals surface area contributed by atoms with Gasteiger partial charge in [0.2, 0.25) is 10.0 Å². The van der Waals surface area contributed by atoms with Crippen molar-refractivity contribution >= 4 is 10.0 Å². The van der Waals surface area contributed by atoms with Crippen LogP contribution in [0.25, 0.3) is 0 Å². The largest absolute Gasteiger partial charge is 0.330 e. The van der Waals surface area contributed by atoms with Crippen LogP contribution in [0.15, 0.2) is 23.1 Å². The normalized spacial score (nSPS) is 12.1. The molecule has 0 bridgehead atoms. The minimum Gasteiger partial charge on any atom is -0.330 e. The molecular formula is C13H21FN2O2S. The van der Waals surface area contributed by atoms with Crippen molar-refractivity contribution < 1.29 is 12.8 Å². The Kier molecular flexibility index (Phi) is 5.90. The van der Waals surface area contributed by atoms with Gasteiger partial charge in [0.15, 0.2) is 0 Å². The van der Waals surface area contributed by atoms with Crippen LogP contribution in [0.2, 0.25) is 0 Å². The van der Waals surface area contributed by atoms with Crippen molar-refractivity contribution in [1.82, 2.24) is 4.31 Å². The lowest BCUT2D eigenvalue weighted by molar-refractivity contribution is 0.452. The van der Waals surface area contributed by atoms with E-state index < -0.39 is 15.8 Å². The summed E-state index contributed by atoms with van der Waals surface area (Å²) in [5, 5.41) is 0. The molecule has 0 spiro atoms. The fourth-order valence-corrected chi connectivity index (χ4v) is 3.26. The summed E-state index contributed by atoms with van der Waals surface area (Å²) in [6.07, 6.45) is 2.56. The molecule has 6 heteroatoms. The second-order valence-corrected chi connectivity index (χ2v) is 6.60. The third-order valence-electron chi connectivity index (χ3n) is 3.00. The second-order valence-electron chi connectivity index (χ2n) is 4.59. The molecule has 0 amide bonds. The average molecular weight is 288 g/mol. The highest BCUT2D eigenvalue weighted by molar-refractivity contribution is 7.89. The van der Waals surface area contributed by atoms with Crippen molar-refractivity contribution in [3.63, 3.8) is 0 Å². The summed E-state index contributed by atoms with van der Waals surface area (Å²) >= 11 is 0. The van der Waals surface area contributed by atoms with Crippen LogP contribution in [-0.4, -0.2) is 32.9 Å². The first-order chi connectivity index (χ1) is 8.89. The van der Waals surface area contributed by atoms with Crippen molar-refractivity contribution in [2.75, 3.05) is 20.1 Å². The van der Waals surface area contributed by atoms with Crippen molar-refractivity contribution in [2.24, 2.45) is 5.73 Å². The maximum atomic E-state index is 13.0. The molecular weight excluding hydrogens is 267 g/mol. The number of unbranched alkanes of at least 4 members (excludes halogenated alkanes) is 2. The van der Waals surface area contributed by atoms with Gasteiger partial charge in [-0.05, 0) is 50.1 Å². The average Bonchev–Trinajstić information content (AvgIpc) is 2.33. The van der Waals surface area contributed by atoms with E-state index in [0.717, 1.165) is 19.3 Å². The predicted molar refractivity (Wildman–Crippen MR) is 73.9 cm³/mol. The molecule has 2 N–H and O–H groups in total. The zero-order chi connectivity index (χ0) is 14.5. The van der Waals surface area contributed by atoms with E-state index in [1.54, 1.807) is 14.0 Å². The highest BCUT2D eigenvalue weighted by Crippen LogP contribution is 2.20. The smallest absolute Gasteiger partial charge is 0.243 e. The molecule has 0 aliphatic heterocycles. The van der Waals surface area contributed by atoms with Crippen LogP contribution < -0.4 is 5.73 Å². The molecule has 4 nitrogen and oxygen atoms in total. The molecule has 0 aliphatic carbocycles. The first-order valence-corrected chi connectivity index (χ1v) is 7.76. The number of hydrogen-bond acceptors (Lipinski definition) is 3. The Hall–Kier alpha value is -0.980. The van der Waals surface area contributed by atoms with Gasteiger partial charge in [-0.25, -0.2) is 17.1 Å². The van der Waals surface area contributed by atoms with Gasteiger partial charge in [0.05, 0.1) is 4.90 Å². The van der Waals surface area contributed by atoms with E-state index in [1.807, 2.05) is 0 Å². The van der Waals surface area contributed by atoms with Crippen molar-refractivity contribution in [3.8, 4) is 0 Å². The molecule has 0 heterocycles. The fourth-order valence-electron chi connectivity index (χ4n) is 1.85. The van der Waals surface area contributed by atoms with Gasteiger partial charge in [-0.1, -0.05) is 6.42 Å². The topological polar surface area (TPSA) is 63.4 Å². The molecule has 0 atom stereocenters. The minimum absolute atomic E-state index is 0.162. The predicted octanol–water partition coefficient (Wildman–Crippen LogP) is 1.88. The summed E-state index contributed by atoms with van der Waals surface area (Å²) in [5.41, 5.74) is 5.81. The summed E-state index contributed by atoms with van der Waals surface area (Å²) in [5.74, 6) is -0.429. The van der Waals surface area contributed by atoms with E-state index in [0.29, 0.717) is 18.7 Å². The Morgan fingerprint density at radius 2 is 1.95 bits per heavy atom. The molecule has 0 saturated heterocycles. The summed E-state index contributed by atoms with van der Waals surface area (Å²) in [7, 11) is -2.00. The fraction of sp³-hybridized carbons (Fsp3) is 0.538. The van der Waals surface area contributed by atoms with E-state index in [4.69, 9.17) is 5.73 Å². The van der Waals surface area contributed by atoms with Gasteiger partial charge in [0, 0.05) is 13.6 Å². The first kappa shape index (κ1) is 16.1. The first-order valence-electron chi connectivity index (χ1n) is 6.32.